The molecule has 0 radical (unpaired) electrons. The fourth-order valence-corrected chi connectivity index (χ4v) is 1.95. The molecule has 2 N–H and O–H groups in total. The number of aromatic nitrogens is 4. The van der Waals surface area contributed by atoms with E-state index >= 15 is 0 Å². The van der Waals surface area contributed by atoms with Crippen LogP contribution in [0, 0.1) is 0 Å². The molecule has 3 heterocycles. The fraction of sp³-hybridized carbons (Fsp3) is 0.0833. The van der Waals surface area contributed by atoms with Crippen molar-refractivity contribution in [2.75, 3.05) is 0 Å². The van der Waals surface area contributed by atoms with Gasteiger partial charge in [0.05, 0.1) is 17.8 Å². The maximum absolute atomic E-state index is 11.0. The number of H-pyrrole nitrogens is 1. The highest BCUT2D eigenvalue weighted by Gasteiger charge is 2.17. The zero-order chi connectivity index (χ0) is 12.5. The van der Waals surface area contributed by atoms with E-state index in [1.165, 1.54) is 0 Å². The lowest BCUT2D eigenvalue weighted by Gasteiger charge is -2.00. The highest BCUT2D eigenvalue weighted by atomic mass is 16.4. The topological polar surface area (TPSA) is 83.3 Å². The van der Waals surface area contributed by atoms with Gasteiger partial charge in [0.2, 0.25) is 5.78 Å². The van der Waals surface area contributed by atoms with E-state index in [0.717, 1.165) is 5.56 Å². The van der Waals surface area contributed by atoms with E-state index in [-0.39, 0.29) is 6.42 Å². The Hall–Kier alpha value is -2.63. The molecule has 0 saturated carbocycles. The fourth-order valence-electron chi connectivity index (χ4n) is 1.95. The molecule has 0 aliphatic rings. The number of hydrogen-bond donors (Lipinski definition) is 2. The molecule has 0 atom stereocenters. The molecular weight excluding hydrogens is 232 g/mol. The van der Waals surface area contributed by atoms with E-state index in [1.807, 2.05) is 6.07 Å². The number of hydrogen-bond acceptors (Lipinski definition) is 3. The lowest BCUT2D eigenvalue weighted by molar-refractivity contribution is -0.136. The van der Waals surface area contributed by atoms with Gasteiger partial charge in [-0.2, -0.15) is 0 Å². The Labute approximate surface area is 102 Å². The Morgan fingerprint density at radius 2 is 2.39 bits per heavy atom. The molecule has 0 unspecified atom stereocenters. The SMILES string of the molecule is O=C(O)Cc1c(-c2cc[nH]c2)nc2ncccn12. The molecule has 3 aromatic heterocycles. The van der Waals surface area contributed by atoms with Gasteiger partial charge in [0.15, 0.2) is 0 Å². The van der Waals surface area contributed by atoms with Gasteiger partial charge in [0, 0.05) is 30.4 Å². The molecule has 0 saturated heterocycles. The van der Waals surface area contributed by atoms with E-state index in [1.54, 1.807) is 35.3 Å². The molecule has 0 bridgehead atoms. The van der Waals surface area contributed by atoms with Gasteiger partial charge in [-0.05, 0) is 12.1 Å². The zero-order valence-corrected chi connectivity index (χ0v) is 9.37. The van der Waals surface area contributed by atoms with Crippen LogP contribution in [0.1, 0.15) is 5.69 Å². The van der Waals surface area contributed by atoms with E-state index in [0.29, 0.717) is 17.2 Å². The predicted octanol–water partition coefficient (Wildman–Crippen LogP) is 1.35. The Morgan fingerprint density at radius 1 is 1.50 bits per heavy atom. The molecule has 0 aromatic carbocycles. The molecule has 6 nitrogen and oxygen atoms in total. The first kappa shape index (κ1) is 10.5. The number of fused-ring (bicyclic) bond motifs is 1. The second kappa shape index (κ2) is 3.99. The van der Waals surface area contributed by atoms with Gasteiger partial charge in [-0.3, -0.25) is 9.20 Å². The van der Waals surface area contributed by atoms with Crippen LogP contribution in [0.2, 0.25) is 0 Å². The summed E-state index contributed by atoms with van der Waals surface area (Å²) in [6.07, 6.45) is 6.87. The smallest absolute Gasteiger partial charge is 0.309 e. The molecule has 0 spiro atoms. The third-order valence-corrected chi connectivity index (χ3v) is 2.69. The molecule has 0 fully saturated rings. The molecule has 3 aromatic rings. The summed E-state index contributed by atoms with van der Waals surface area (Å²) in [6, 6.07) is 3.61. The largest absolute Gasteiger partial charge is 0.481 e. The first-order chi connectivity index (χ1) is 8.75. The molecule has 0 amide bonds. The Bertz CT molecular complexity index is 700. The quantitative estimate of drug-likeness (QED) is 0.726. The van der Waals surface area contributed by atoms with Crippen molar-refractivity contribution in [1.82, 2.24) is 19.4 Å². The number of aliphatic carboxylic acids is 1. The van der Waals surface area contributed by atoms with Gasteiger partial charge >= 0.3 is 5.97 Å². The van der Waals surface area contributed by atoms with Crippen molar-refractivity contribution in [2.24, 2.45) is 0 Å². The number of imidazole rings is 1. The maximum Gasteiger partial charge on any atom is 0.309 e. The highest BCUT2D eigenvalue weighted by Crippen LogP contribution is 2.23. The summed E-state index contributed by atoms with van der Waals surface area (Å²) in [5.41, 5.74) is 2.14. The van der Waals surface area contributed by atoms with Crippen LogP contribution in [-0.2, 0) is 11.2 Å². The summed E-state index contributed by atoms with van der Waals surface area (Å²) in [5.74, 6) is -0.387. The number of carboxylic acid groups (broad SMARTS) is 1. The average Bonchev–Trinajstić information content (AvgIpc) is 2.96. The van der Waals surface area contributed by atoms with Gasteiger partial charge in [-0.1, -0.05) is 0 Å². The van der Waals surface area contributed by atoms with Gasteiger partial charge in [0.1, 0.15) is 0 Å². The van der Waals surface area contributed by atoms with E-state index in [4.69, 9.17) is 5.11 Å². The van der Waals surface area contributed by atoms with Gasteiger partial charge in [-0.15, -0.1) is 0 Å². The normalized spacial score (nSPS) is 10.9. The molecular formula is C12H10N4O2. The minimum Gasteiger partial charge on any atom is -0.481 e. The van der Waals surface area contributed by atoms with Crippen LogP contribution in [0.3, 0.4) is 0 Å². The van der Waals surface area contributed by atoms with Crippen molar-refractivity contribution in [2.45, 2.75) is 6.42 Å². The van der Waals surface area contributed by atoms with Crippen molar-refractivity contribution in [3.63, 3.8) is 0 Å². The van der Waals surface area contributed by atoms with Crippen molar-refractivity contribution < 1.29 is 9.90 Å². The minimum atomic E-state index is -0.891. The van der Waals surface area contributed by atoms with Crippen LogP contribution in [0.5, 0.6) is 0 Å². The van der Waals surface area contributed by atoms with Crippen LogP contribution in [0.25, 0.3) is 17.0 Å². The first-order valence-corrected chi connectivity index (χ1v) is 5.42. The number of carbonyl (C=O) groups is 1. The summed E-state index contributed by atoms with van der Waals surface area (Å²) in [7, 11) is 0. The summed E-state index contributed by atoms with van der Waals surface area (Å²) >= 11 is 0. The lowest BCUT2D eigenvalue weighted by Crippen LogP contribution is -2.04. The van der Waals surface area contributed by atoms with Crippen molar-refractivity contribution >= 4 is 11.7 Å². The van der Waals surface area contributed by atoms with Crippen LogP contribution < -0.4 is 0 Å². The molecule has 3 rings (SSSR count). The van der Waals surface area contributed by atoms with Crippen molar-refractivity contribution in [3.05, 3.63) is 42.6 Å². The molecule has 0 aliphatic heterocycles. The van der Waals surface area contributed by atoms with Crippen molar-refractivity contribution in [3.8, 4) is 11.3 Å². The third-order valence-electron chi connectivity index (χ3n) is 2.69. The first-order valence-electron chi connectivity index (χ1n) is 5.42. The van der Waals surface area contributed by atoms with E-state index < -0.39 is 5.97 Å². The predicted molar refractivity (Wildman–Crippen MR) is 64.1 cm³/mol. The number of rotatable bonds is 3. The summed E-state index contributed by atoms with van der Waals surface area (Å²) in [4.78, 5) is 22.4. The Kier molecular flexibility index (Phi) is 2.33. The zero-order valence-electron chi connectivity index (χ0n) is 9.37. The summed E-state index contributed by atoms with van der Waals surface area (Å²) in [5, 5.41) is 9.00. The molecule has 6 heteroatoms. The lowest BCUT2D eigenvalue weighted by atomic mass is 10.1. The minimum absolute atomic E-state index is 0.0899. The third kappa shape index (κ3) is 1.64. The molecule has 18 heavy (non-hydrogen) atoms. The summed E-state index contributed by atoms with van der Waals surface area (Å²) in [6.45, 7) is 0. The van der Waals surface area contributed by atoms with E-state index in [9.17, 15) is 4.79 Å². The maximum atomic E-state index is 11.0. The Morgan fingerprint density at radius 3 is 3.11 bits per heavy atom. The standard InChI is InChI=1S/C12H10N4O2/c17-10(18)6-9-11(8-2-4-13-7-8)15-12-14-3-1-5-16(9)12/h1-5,7,13H,6H2,(H,17,18). The second-order valence-electron chi connectivity index (χ2n) is 3.87. The number of nitrogens with one attached hydrogen (secondary N) is 1. The Balaban J connectivity index is 2.26. The van der Waals surface area contributed by atoms with Crippen molar-refractivity contribution in [1.29, 1.82) is 0 Å². The number of nitrogens with zero attached hydrogens (tertiary/aromatic N) is 3. The van der Waals surface area contributed by atoms with Gasteiger partial charge in [-0.25, -0.2) is 9.97 Å². The summed E-state index contributed by atoms with van der Waals surface area (Å²) < 4.78 is 1.70. The van der Waals surface area contributed by atoms with Crippen LogP contribution in [-0.4, -0.2) is 30.4 Å². The molecule has 0 aliphatic carbocycles. The van der Waals surface area contributed by atoms with E-state index in [2.05, 4.69) is 15.0 Å². The number of carboxylic acids is 1. The highest BCUT2D eigenvalue weighted by molar-refractivity contribution is 5.75. The van der Waals surface area contributed by atoms with Gasteiger partial charge < -0.3 is 10.1 Å². The second-order valence-corrected chi connectivity index (χ2v) is 3.87. The van der Waals surface area contributed by atoms with Crippen LogP contribution >= 0.6 is 0 Å². The van der Waals surface area contributed by atoms with Gasteiger partial charge in [0.25, 0.3) is 0 Å². The molecule has 90 valence electrons. The van der Waals surface area contributed by atoms with Crippen LogP contribution in [0.4, 0.5) is 0 Å². The number of aromatic amines is 1. The average molecular weight is 242 g/mol. The van der Waals surface area contributed by atoms with Crippen LogP contribution in [0.15, 0.2) is 36.9 Å². The monoisotopic (exact) mass is 242 g/mol.